The molecule has 4 nitrogen and oxygen atoms in total. The van der Waals surface area contributed by atoms with Gasteiger partial charge in [-0.25, -0.2) is 4.98 Å². The fourth-order valence-electron chi connectivity index (χ4n) is 1.59. The number of ether oxygens (including phenoxy) is 1. The van der Waals surface area contributed by atoms with Gasteiger partial charge in [-0.3, -0.25) is 0 Å². The first-order valence-electron chi connectivity index (χ1n) is 5.67. The first-order chi connectivity index (χ1) is 8.40. The summed E-state index contributed by atoms with van der Waals surface area (Å²) < 4.78 is 7.27. The van der Waals surface area contributed by atoms with Gasteiger partial charge in [0.1, 0.15) is 5.65 Å². The zero-order valence-electron chi connectivity index (χ0n) is 9.60. The molecule has 2 heterocycles. The Bertz CT molecular complexity index is 425. The molecule has 0 radical (unpaired) electrons. The average molecular weight is 254 g/mol. The normalized spacial score (nSPS) is 11.1. The molecule has 0 atom stereocenters. The van der Waals surface area contributed by atoms with Gasteiger partial charge in [0.05, 0.1) is 18.9 Å². The van der Waals surface area contributed by atoms with E-state index in [1.165, 1.54) is 0 Å². The van der Waals surface area contributed by atoms with Crippen LogP contribution < -0.4 is 5.32 Å². The largest absolute Gasteiger partial charge is 0.379 e. The average Bonchev–Trinajstić information content (AvgIpc) is 2.76. The number of halogens is 1. The van der Waals surface area contributed by atoms with Crippen LogP contribution in [0.15, 0.2) is 30.6 Å². The zero-order valence-corrected chi connectivity index (χ0v) is 10.4. The van der Waals surface area contributed by atoms with Crippen molar-refractivity contribution in [1.82, 2.24) is 14.7 Å². The zero-order chi connectivity index (χ0) is 11.9. The molecule has 0 aliphatic heterocycles. The van der Waals surface area contributed by atoms with Crippen molar-refractivity contribution in [2.24, 2.45) is 0 Å². The summed E-state index contributed by atoms with van der Waals surface area (Å²) in [5, 5.41) is 3.28. The van der Waals surface area contributed by atoms with Crippen LogP contribution in [0.25, 0.3) is 5.65 Å². The quantitative estimate of drug-likeness (QED) is 0.603. The number of rotatable bonds is 7. The number of aromatic nitrogens is 2. The van der Waals surface area contributed by atoms with Crippen molar-refractivity contribution in [2.45, 2.75) is 6.54 Å². The molecule has 0 aliphatic carbocycles. The van der Waals surface area contributed by atoms with Crippen LogP contribution in [0.1, 0.15) is 5.69 Å². The molecule has 0 amide bonds. The maximum absolute atomic E-state index is 5.50. The highest BCUT2D eigenvalue weighted by molar-refractivity contribution is 6.17. The van der Waals surface area contributed by atoms with E-state index >= 15 is 0 Å². The van der Waals surface area contributed by atoms with Gasteiger partial charge < -0.3 is 14.5 Å². The Balaban J connectivity index is 1.75. The van der Waals surface area contributed by atoms with Crippen molar-refractivity contribution in [2.75, 3.05) is 25.6 Å². The Kier molecular flexibility index (Phi) is 4.79. The van der Waals surface area contributed by atoms with E-state index in [9.17, 15) is 0 Å². The summed E-state index contributed by atoms with van der Waals surface area (Å²) in [6.45, 7) is 2.86. The lowest BCUT2D eigenvalue weighted by Crippen LogP contribution is -2.19. The summed E-state index contributed by atoms with van der Waals surface area (Å²) >= 11 is 5.50. The van der Waals surface area contributed by atoms with Crippen LogP contribution in [0, 0.1) is 0 Å². The summed E-state index contributed by atoms with van der Waals surface area (Å²) in [7, 11) is 0. The van der Waals surface area contributed by atoms with E-state index < -0.39 is 0 Å². The van der Waals surface area contributed by atoms with Gasteiger partial charge in [0, 0.05) is 31.4 Å². The number of imidazole rings is 1. The second-order valence-electron chi connectivity index (χ2n) is 3.68. The molecule has 0 aliphatic rings. The molecule has 2 rings (SSSR count). The SMILES string of the molecule is ClCCOCCNCc1cn2ccccc2n1. The van der Waals surface area contributed by atoms with Gasteiger partial charge >= 0.3 is 0 Å². The van der Waals surface area contributed by atoms with E-state index in [0.717, 1.165) is 24.4 Å². The summed E-state index contributed by atoms with van der Waals surface area (Å²) in [6.07, 6.45) is 4.03. The molecule has 1 N–H and O–H groups in total. The van der Waals surface area contributed by atoms with Crippen LogP contribution in [-0.2, 0) is 11.3 Å². The Morgan fingerprint density at radius 2 is 2.29 bits per heavy atom. The highest BCUT2D eigenvalue weighted by Gasteiger charge is 1.99. The minimum Gasteiger partial charge on any atom is -0.379 e. The van der Waals surface area contributed by atoms with Gasteiger partial charge in [-0.2, -0.15) is 0 Å². The molecular weight excluding hydrogens is 238 g/mol. The Morgan fingerprint density at radius 1 is 1.35 bits per heavy atom. The third kappa shape index (κ3) is 3.70. The predicted molar refractivity (Wildman–Crippen MR) is 68.4 cm³/mol. The molecule has 0 aromatic carbocycles. The highest BCUT2D eigenvalue weighted by Crippen LogP contribution is 2.03. The Morgan fingerprint density at radius 3 is 3.12 bits per heavy atom. The van der Waals surface area contributed by atoms with Crippen molar-refractivity contribution in [3.63, 3.8) is 0 Å². The summed E-state index contributed by atoms with van der Waals surface area (Å²) in [4.78, 5) is 4.49. The third-order valence-electron chi connectivity index (χ3n) is 2.36. The molecule has 0 fully saturated rings. The smallest absolute Gasteiger partial charge is 0.137 e. The van der Waals surface area contributed by atoms with Gasteiger partial charge in [-0.05, 0) is 12.1 Å². The molecule has 0 unspecified atom stereocenters. The second kappa shape index (κ2) is 6.59. The number of nitrogens with zero attached hydrogens (tertiary/aromatic N) is 2. The van der Waals surface area contributed by atoms with Crippen LogP contribution in [0.3, 0.4) is 0 Å². The van der Waals surface area contributed by atoms with Crippen molar-refractivity contribution >= 4 is 17.2 Å². The molecule has 92 valence electrons. The number of fused-ring (bicyclic) bond motifs is 1. The van der Waals surface area contributed by atoms with E-state index in [-0.39, 0.29) is 0 Å². The molecule has 2 aromatic rings. The van der Waals surface area contributed by atoms with Gasteiger partial charge in [0.25, 0.3) is 0 Å². The summed E-state index contributed by atoms with van der Waals surface area (Å²) in [6, 6.07) is 5.97. The predicted octanol–water partition coefficient (Wildman–Crippen LogP) is 1.68. The maximum Gasteiger partial charge on any atom is 0.137 e. The van der Waals surface area contributed by atoms with Crippen molar-refractivity contribution in [3.05, 3.63) is 36.3 Å². The summed E-state index contributed by atoms with van der Waals surface area (Å²) in [5.74, 6) is 0.548. The molecule has 5 heteroatoms. The fraction of sp³-hybridized carbons (Fsp3) is 0.417. The van der Waals surface area contributed by atoms with Crippen molar-refractivity contribution < 1.29 is 4.74 Å². The third-order valence-corrected chi connectivity index (χ3v) is 2.52. The minimum absolute atomic E-state index is 0.548. The van der Waals surface area contributed by atoms with E-state index in [0.29, 0.717) is 19.1 Å². The molecule has 0 spiro atoms. The lowest BCUT2D eigenvalue weighted by molar-refractivity contribution is 0.151. The highest BCUT2D eigenvalue weighted by atomic mass is 35.5. The molecule has 2 aromatic heterocycles. The van der Waals surface area contributed by atoms with E-state index in [1.54, 1.807) is 0 Å². The molecule has 17 heavy (non-hydrogen) atoms. The van der Waals surface area contributed by atoms with Gasteiger partial charge in [0.2, 0.25) is 0 Å². The van der Waals surface area contributed by atoms with E-state index in [4.69, 9.17) is 16.3 Å². The summed E-state index contributed by atoms with van der Waals surface area (Å²) in [5.41, 5.74) is 2.01. The van der Waals surface area contributed by atoms with Crippen LogP contribution in [0.5, 0.6) is 0 Å². The standard InChI is InChI=1S/C12H16ClN3O/c13-4-7-17-8-5-14-9-11-10-16-6-2-1-3-12(16)15-11/h1-3,6,10,14H,4-5,7-9H2. The second-order valence-corrected chi connectivity index (χ2v) is 4.05. The molecular formula is C12H16ClN3O. The lowest BCUT2D eigenvalue weighted by Gasteiger charge is -2.02. The van der Waals surface area contributed by atoms with Crippen LogP contribution >= 0.6 is 11.6 Å². The van der Waals surface area contributed by atoms with E-state index in [1.807, 2.05) is 35.0 Å². The number of nitrogens with one attached hydrogen (secondary N) is 1. The first kappa shape index (κ1) is 12.4. The number of alkyl halides is 1. The molecule has 0 saturated heterocycles. The van der Waals surface area contributed by atoms with Gasteiger partial charge in [0.15, 0.2) is 0 Å². The van der Waals surface area contributed by atoms with Crippen LogP contribution in [0.4, 0.5) is 0 Å². The van der Waals surface area contributed by atoms with Crippen molar-refractivity contribution in [3.8, 4) is 0 Å². The van der Waals surface area contributed by atoms with E-state index in [2.05, 4.69) is 10.3 Å². The number of pyridine rings is 1. The van der Waals surface area contributed by atoms with Gasteiger partial charge in [-0.15, -0.1) is 11.6 Å². The topological polar surface area (TPSA) is 38.6 Å². The Labute approximate surface area is 106 Å². The van der Waals surface area contributed by atoms with Gasteiger partial charge in [-0.1, -0.05) is 6.07 Å². The molecule has 0 saturated carbocycles. The lowest BCUT2D eigenvalue weighted by atomic mass is 10.4. The monoisotopic (exact) mass is 253 g/mol. The minimum atomic E-state index is 0.548. The van der Waals surface area contributed by atoms with Crippen LogP contribution in [-0.4, -0.2) is 35.0 Å². The first-order valence-corrected chi connectivity index (χ1v) is 6.20. The number of hydrogen-bond acceptors (Lipinski definition) is 3. The Hall–Kier alpha value is -1.10. The number of hydrogen-bond donors (Lipinski definition) is 1. The molecule has 0 bridgehead atoms. The fourth-order valence-corrected chi connectivity index (χ4v) is 1.70. The van der Waals surface area contributed by atoms with Crippen LogP contribution in [0.2, 0.25) is 0 Å². The van der Waals surface area contributed by atoms with Crippen molar-refractivity contribution in [1.29, 1.82) is 0 Å². The maximum atomic E-state index is 5.50.